The molecule has 104 valence electrons. The lowest BCUT2D eigenvalue weighted by molar-refractivity contribution is 0.173. The highest BCUT2D eigenvalue weighted by molar-refractivity contribution is 5.47. The SMILES string of the molecule is CC(CO)(Cc1ccncc1)c1ccc2c(c1)OCO2. The monoisotopic (exact) mass is 271 g/mol. The van der Waals surface area contributed by atoms with Gasteiger partial charge >= 0.3 is 0 Å². The van der Waals surface area contributed by atoms with Crippen LogP contribution in [-0.4, -0.2) is 23.5 Å². The van der Waals surface area contributed by atoms with E-state index in [0.717, 1.165) is 29.0 Å². The van der Waals surface area contributed by atoms with Crippen molar-refractivity contribution in [3.63, 3.8) is 0 Å². The lowest BCUT2D eigenvalue weighted by Gasteiger charge is -2.28. The highest BCUT2D eigenvalue weighted by Crippen LogP contribution is 2.37. The Hall–Kier alpha value is -2.07. The third-order valence-corrected chi connectivity index (χ3v) is 3.76. The second-order valence-corrected chi connectivity index (χ2v) is 5.32. The molecule has 1 aliphatic heterocycles. The zero-order valence-corrected chi connectivity index (χ0v) is 11.4. The molecule has 0 radical (unpaired) electrons. The predicted molar refractivity (Wildman–Crippen MR) is 74.9 cm³/mol. The van der Waals surface area contributed by atoms with Crippen LogP contribution < -0.4 is 9.47 Å². The summed E-state index contributed by atoms with van der Waals surface area (Å²) < 4.78 is 10.7. The molecule has 0 saturated heterocycles. The first-order valence-electron chi connectivity index (χ1n) is 6.61. The predicted octanol–water partition coefficient (Wildman–Crippen LogP) is 2.30. The number of pyridine rings is 1. The minimum absolute atomic E-state index is 0.0645. The van der Waals surface area contributed by atoms with Gasteiger partial charge in [0.05, 0.1) is 6.61 Å². The lowest BCUT2D eigenvalue weighted by atomic mass is 9.78. The number of hydrogen-bond donors (Lipinski definition) is 1. The molecule has 0 aliphatic carbocycles. The van der Waals surface area contributed by atoms with Crippen molar-refractivity contribution in [2.45, 2.75) is 18.8 Å². The Morgan fingerprint density at radius 3 is 2.65 bits per heavy atom. The van der Waals surface area contributed by atoms with E-state index in [-0.39, 0.29) is 18.8 Å². The van der Waals surface area contributed by atoms with Crippen molar-refractivity contribution in [3.8, 4) is 11.5 Å². The van der Waals surface area contributed by atoms with E-state index in [1.54, 1.807) is 12.4 Å². The Kier molecular flexibility index (Phi) is 3.32. The second kappa shape index (κ2) is 5.13. The van der Waals surface area contributed by atoms with Gasteiger partial charge in [0, 0.05) is 17.8 Å². The first-order valence-corrected chi connectivity index (χ1v) is 6.61. The molecule has 0 amide bonds. The van der Waals surface area contributed by atoms with Gasteiger partial charge in [-0.3, -0.25) is 4.98 Å². The Labute approximate surface area is 118 Å². The highest BCUT2D eigenvalue weighted by Gasteiger charge is 2.28. The normalized spacial score (nSPS) is 15.9. The van der Waals surface area contributed by atoms with E-state index >= 15 is 0 Å². The van der Waals surface area contributed by atoms with Crippen LogP contribution in [0.2, 0.25) is 0 Å². The molecule has 1 aromatic heterocycles. The molecule has 0 bridgehead atoms. The number of aliphatic hydroxyl groups is 1. The van der Waals surface area contributed by atoms with Crippen LogP contribution >= 0.6 is 0 Å². The van der Waals surface area contributed by atoms with Crippen LogP contribution in [-0.2, 0) is 11.8 Å². The standard InChI is InChI=1S/C16H17NO3/c1-16(10-18,9-12-4-6-17-7-5-12)13-2-3-14-15(8-13)20-11-19-14/h2-8,18H,9-11H2,1H3. The first-order chi connectivity index (χ1) is 9.71. The largest absolute Gasteiger partial charge is 0.454 e. The van der Waals surface area contributed by atoms with Gasteiger partial charge in [0.1, 0.15) is 0 Å². The van der Waals surface area contributed by atoms with Crippen LogP contribution in [0.25, 0.3) is 0 Å². The molecule has 4 heteroatoms. The molecule has 0 spiro atoms. The van der Waals surface area contributed by atoms with E-state index in [9.17, 15) is 5.11 Å². The van der Waals surface area contributed by atoms with Crippen molar-refractivity contribution in [2.75, 3.05) is 13.4 Å². The molecule has 2 aromatic rings. The molecule has 2 heterocycles. The fraction of sp³-hybridized carbons (Fsp3) is 0.312. The molecule has 1 unspecified atom stereocenters. The van der Waals surface area contributed by atoms with E-state index < -0.39 is 0 Å². The average molecular weight is 271 g/mol. The summed E-state index contributed by atoms with van der Waals surface area (Å²) in [7, 11) is 0. The molecule has 1 N–H and O–H groups in total. The van der Waals surface area contributed by atoms with Gasteiger partial charge in [-0.1, -0.05) is 13.0 Å². The molecular formula is C16H17NO3. The van der Waals surface area contributed by atoms with Crippen LogP contribution in [0.5, 0.6) is 11.5 Å². The Morgan fingerprint density at radius 1 is 1.15 bits per heavy atom. The van der Waals surface area contributed by atoms with Crippen LogP contribution in [0.15, 0.2) is 42.7 Å². The summed E-state index contributed by atoms with van der Waals surface area (Å²) in [5, 5.41) is 9.86. The topological polar surface area (TPSA) is 51.6 Å². The molecular weight excluding hydrogens is 254 g/mol. The molecule has 1 aliphatic rings. The van der Waals surface area contributed by atoms with Gasteiger partial charge in [0.2, 0.25) is 6.79 Å². The maximum Gasteiger partial charge on any atom is 0.231 e. The number of hydrogen-bond acceptors (Lipinski definition) is 4. The fourth-order valence-corrected chi connectivity index (χ4v) is 2.47. The molecule has 1 aromatic carbocycles. The van der Waals surface area contributed by atoms with Gasteiger partial charge in [-0.2, -0.15) is 0 Å². The summed E-state index contributed by atoms with van der Waals surface area (Å²) in [5.41, 5.74) is 1.83. The van der Waals surface area contributed by atoms with Crippen LogP contribution in [0, 0.1) is 0 Å². The van der Waals surface area contributed by atoms with Gasteiger partial charge in [-0.15, -0.1) is 0 Å². The number of aliphatic hydroxyl groups excluding tert-OH is 1. The minimum Gasteiger partial charge on any atom is -0.454 e. The van der Waals surface area contributed by atoms with E-state index in [1.807, 2.05) is 37.3 Å². The van der Waals surface area contributed by atoms with Crippen molar-refractivity contribution < 1.29 is 14.6 Å². The van der Waals surface area contributed by atoms with Gasteiger partial charge in [0.15, 0.2) is 11.5 Å². The number of nitrogens with zero attached hydrogens (tertiary/aromatic N) is 1. The van der Waals surface area contributed by atoms with E-state index in [1.165, 1.54) is 0 Å². The molecule has 20 heavy (non-hydrogen) atoms. The molecule has 0 saturated carbocycles. The van der Waals surface area contributed by atoms with Gasteiger partial charge in [-0.05, 0) is 41.8 Å². The summed E-state index contributed by atoms with van der Waals surface area (Å²) in [4.78, 5) is 4.02. The second-order valence-electron chi connectivity index (χ2n) is 5.32. The zero-order valence-electron chi connectivity index (χ0n) is 11.4. The smallest absolute Gasteiger partial charge is 0.231 e. The summed E-state index contributed by atoms with van der Waals surface area (Å²) in [5.74, 6) is 1.51. The summed E-state index contributed by atoms with van der Waals surface area (Å²) in [6, 6.07) is 9.80. The molecule has 3 rings (SSSR count). The number of fused-ring (bicyclic) bond motifs is 1. The molecule has 0 fully saturated rings. The third-order valence-electron chi connectivity index (χ3n) is 3.76. The molecule has 1 atom stereocenters. The van der Waals surface area contributed by atoms with Gasteiger partial charge in [0.25, 0.3) is 0 Å². The molecule has 4 nitrogen and oxygen atoms in total. The first kappa shape index (κ1) is 12.9. The fourth-order valence-electron chi connectivity index (χ4n) is 2.47. The van der Waals surface area contributed by atoms with Crippen molar-refractivity contribution in [1.82, 2.24) is 4.98 Å². The number of rotatable bonds is 4. The van der Waals surface area contributed by atoms with Crippen molar-refractivity contribution in [2.24, 2.45) is 0 Å². The van der Waals surface area contributed by atoms with Crippen LogP contribution in [0.4, 0.5) is 0 Å². The summed E-state index contributed by atoms with van der Waals surface area (Å²) >= 11 is 0. The summed E-state index contributed by atoms with van der Waals surface area (Å²) in [6.45, 7) is 2.37. The van der Waals surface area contributed by atoms with Crippen molar-refractivity contribution >= 4 is 0 Å². The minimum atomic E-state index is -0.359. The third kappa shape index (κ3) is 2.34. The maximum absolute atomic E-state index is 9.86. The number of ether oxygens (including phenoxy) is 2. The van der Waals surface area contributed by atoms with E-state index in [4.69, 9.17) is 9.47 Å². The Balaban J connectivity index is 1.92. The summed E-state index contributed by atoms with van der Waals surface area (Å²) in [6.07, 6.45) is 4.28. The average Bonchev–Trinajstić information content (AvgIpc) is 2.95. The van der Waals surface area contributed by atoms with E-state index in [0.29, 0.717) is 0 Å². The van der Waals surface area contributed by atoms with Crippen molar-refractivity contribution in [3.05, 3.63) is 53.9 Å². The quantitative estimate of drug-likeness (QED) is 0.927. The lowest BCUT2D eigenvalue weighted by Crippen LogP contribution is -2.29. The number of benzene rings is 1. The Morgan fingerprint density at radius 2 is 1.90 bits per heavy atom. The van der Waals surface area contributed by atoms with Crippen LogP contribution in [0.1, 0.15) is 18.1 Å². The zero-order chi connectivity index (χ0) is 14.0. The van der Waals surface area contributed by atoms with Gasteiger partial charge in [-0.25, -0.2) is 0 Å². The number of aromatic nitrogens is 1. The van der Waals surface area contributed by atoms with Gasteiger partial charge < -0.3 is 14.6 Å². The van der Waals surface area contributed by atoms with E-state index in [2.05, 4.69) is 4.98 Å². The van der Waals surface area contributed by atoms with Crippen LogP contribution in [0.3, 0.4) is 0 Å². The Bertz CT molecular complexity index is 600. The maximum atomic E-state index is 9.86. The van der Waals surface area contributed by atoms with Crippen molar-refractivity contribution in [1.29, 1.82) is 0 Å². The highest BCUT2D eigenvalue weighted by atomic mass is 16.7.